The second-order valence-corrected chi connectivity index (χ2v) is 8.09. The van der Waals surface area contributed by atoms with Crippen molar-refractivity contribution in [2.75, 3.05) is 57.8 Å². The number of benzene rings is 2. The number of nitrogens with one attached hydrogen (secondary N) is 1. The first-order chi connectivity index (χ1) is 14.7. The third-order valence-corrected chi connectivity index (χ3v) is 6.16. The third kappa shape index (κ3) is 4.87. The molecule has 0 unspecified atom stereocenters. The van der Waals surface area contributed by atoms with Crippen molar-refractivity contribution in [2.24, 2.45) is 4.99 Å². The summed E-state index contributed by atoms with van der Waals surface area (Å²) in [6.07, 6.45) is 2.27. The van der Waals surface area contributed by atoms with Gasteiger partial charge in [0, 0.05) is 59.4 Å². The Morgan fingerprint density at radius 1 is 0.967 bits per heavy atom. The maximum atomic E-state index is 10.1. The second-order valence-electron chi connectivity index (χ2n) is 8.09. The van der Waals surface area contributed by atoms with E-state index in [1.54, 1.807) is 6.07 Å². The van der Waals surface area contributed by atoms with Gasteiger partial charge in [0.2, 0.25) is 0 Å². The van der Waals surface area contributed by atoms with E-state index in [-0.39, 0.29) is 0 Å². The Morgan fingerprint density at radius 3 is 2.47 bits per heavy atom. The van der Waals surface area contributed by atoms with E-state index in [0.29, 0.717) is 5.75 Å². The summed E-state index contributed by atoms with van der Waals surface area (Å²) in [5.74, 6) is 1.34. The lowest BCUT2D eigenvalue weighted by Crippen LogP contribution is -2.52. The highest BCUT2D eigenvalue weighted by molar-refractivity contribution is 5.80. The molecule has 6 heteroatoms. The van der Waals surface area contributed by atoms with Gasteiger partial charge in [-0.25, -0.2) is 0 Å². The highest BCUT2D eigenvalue weighted by Crippen LogP contribution is 2.27. The molecule has 0 amide bonds. The Kier molecular flexibility index (Phi) is 6.74. The van der Waals surface area contributed by atoms with Crippen LogP contribution in [-0.4, -0.2) is 73.7 Å². The number of rotatable bonds is 5. The van der Waals surface area contributed by atoms with Gasteiger partial charge in [0.1, 0.15) is 5.75 Å². The number of hydrogen-bond donors (Lipinski definition) is 2. The Morgan fingerprint density at radius 2 is 1.70 bits per heavy atom. The van der Waals surface area contributed by atoms with Crippen LogP contribution in [-0.2, 0) is 13.0 Å². The largest absolute Gasteiger partial charge is 0.506 e. The summed E-state index contributed by atoms with van der Waals surface area (Å²) < 4.78 is 0. The molecule has 2 N–H and O–H groups in total. The van der Waals surface area contributed by atoms with Gasteiger partial charge in [0.25, 0.3) is 0 Å². The number of piperazine rings is 1. The predicted octanol–water partition coefficient (Wildman–Crippen LogP) is 2.54. The molecule has 2 aromatic rings. The number of hydrogen-bond acceptors (Lipinski definition) is 4. The van der Waals surface area contributed by atoms with Crippen molar-refractivity contribution in [1.82, 2.24) is 15.1 Å². The summed E-state index contributed by atoms with van der Waals surface area (Å²) in [5, 5.41) is 13.6. The van der Waals surface area contributed by atoms with Crippen molar-refractivity contribution in [3.8, 4) is 5.75 Å². The topological polar surface area (TPSA) is 54.3 Å². The first-order valence-corrected chi connectivity index (χ1v) is 11.0. The van der Waals surface area contributed by atoms with Crippen molar-refractivity contribution < 1.29 is 5.11 Å². The molecule has 0 bridgehead atoms. The van der Waals surface area contributed by atoms with E-state index in [1.165, 1.54) is 11.1 Å². The molecule has 0 aliphatic carbocycles. The SMILES string of the molecule is CN=C(NCCCN1CCc2ccccc2C1)N1CCN(c2ccccc2O)CC1. The molecule has 6 nitrogen and oxygen atoms in total. The molecule has 30 heavy (non-hydrogen) atoms. The van der Waals surface area contributed by atoms with Crippen LogP contribution in [0.3, 0.4) is 0 Å². The third-order valence-electron chi connectivity index (χ3n) is 6.16. The molecule has 2 aliphatic heterocycles. The molecule has 1 fully saturated rings. The van der Waals surface area contributed by atoms with E-state index in [9.17, 15) is 5.11 Å². The molecule has 4 rings (SSSR count). The average molecular weight is 408 g/mol. The molecule has 160 valence electrons. The van der Waals surface area contributed by atoms with Gasteiger partial charge in [-0.15, -0.1) is 0 Å². The quantitative estimate of drug-likeness (QED) is 0.453. The number of nitrogens with zero attached hydrogens (tertiary/aromatic N) is 4. The van der Waals surface area contributed by atoms with Crippen LogP contribution in [0.2, 0.25) is 0 Å². The minimum absolute atomic E-state index is 0.355. The van der Waals surface area contributed by atoms with Gasteiger partial charge in [0.15, 0.2) is 5.96 Å². The molecule has 0 radical (unpaired) electrons. The molecule has 0 atom stereocenters. The highest BCUT2D eigenvalue weighted by atomic mass is 16.3. The van der Waals surface area contributed by atoms with Crippen LogP contribution in [0.15, 0.2) is 53.5 Å². The zero-order chi connectivity index (χ0) is 20.8. The van der Waals surface area contributed by atoms with Gasteiger partial charge in [0.05, 0.1) is 5.69 Å². The minimum Gasteiger partial charge on any atom is -0.506 e. The van der Waals surface area contributed by atoms with E-state index >= 15 is 0 Å². The number of anilines is 1. The zero-order valence-corrected chi connectivity index (χ0v) is 17.9. The van der Waals surface area contributed by atoms with Crippen LogP contribution in [0.1, 0.15) is 17.5 Å². The maximum absolute atomic E-state index is 10.1. The standard InChI is InChI=1S/C24H33N5O/c1-25-24(29-17-15-28(16-18-29)22-9-4-5-10-23(22)30)26-12-6-13-27-14-11-20-7-2-3-8-21(20)19-27/h2-5,7-10,30H,6,11-19H2,1H3,(H,25,26). The monoisotopic (exact) mass is 407 g/mol. The van der Waals surface area contributed by atoms with E-state index in [4.69, 9.17) is 0 Å². The van der Waals surface area contributed by atoms with E-state index < -0.39 is 0 Å². The fourth-order valence-electron chi connectivity index (χ4n) is 4.47. The Hall–Kier alpha value is -2.73. The van der Waals surface area contributed by atoms with Crippen LogP contribution >= 0.6 is 0 Å². The normalized spacial score (nSPS) is 17.7. The molecule has 2 heterocycles. The minimum atomic E-state index is 0.355. The number of para-hydroxylation sites is 2. The number of phenols is 1. The molecule has 2 aliphatic rings. The molecule has 1 saturated heterocycles. The lowest BCUT2D eigenvalue weighted by Gasteiger charge is -2.38. The first kappa shape index (κ1) is 20.5. The summed E-state index contributed by atoms with van der Waals surface area (Å²) in [6.45, 7) is 7.83. The number of phenolic OH excluding ortho intramolecular Hbond substituents is 1. The van der Waals surface area contributed by atoms with Crippen molar-refractivity contribution in [1.29, 1.82) is 0 Å². The summed E-state index contributed by atoms with van der Waals surface area (Å²) in [6, 6.07) is 16.4. The Balaban J connectivity index is 1.19. The molecule has 2 aromatic carbocycles. The van der Waals surface area contributed by atoms with Crippen molar-refractivity contribution in [3.05, 3.63) is 59.7 Å². The van der Waals surface area contributed by atoms with Crippen molar-refractivity contribution in [2.45, 2.75) is 19.4 Å². The average Bonchev–Trinajstić information content (AvgIpc) is 2.80. The van der Waals surface area contributed by atoms with E-state index in [0.717, 1.165) is 76.8 Å². The second kappa shape index (κ2) is 9.85. The fraction of sp³-hybridized carbons (Fsp3) is 0.458. The van der Waals surface area contributed by atoms with Crippen LogP contribution in [0.5, 0.6) is 5.75 Å². The molecule has 0 spiro atoms. The molecule has 0 saturated carbocycles. The van der Waals surface area contributed by atoms with Crippen LogP contribution in [0, 0.1) is 0 Å². The number of aliphatic imine (C=N–C) groups is 1. The summed E-state index contributed by atoms with van der Waals surface area (Å²) in [4.78, 5) is 11.6. The van der Waals surface area contributed by atoms with Crippen molar-refractivity contribution in [3.63, 3.8) is 0 Å². The van der Waals surface area contributed by atoms with Crippen LogP contribution in [0.25, 0.3) is 0 Å². The van der Waals surface area contributed by atoms with Gasteiger partial charge in [-0.3, -0.25) is 9.89 Å². The van der Waals surface area contributed by atoms with Gasteiger partial charge in [-0.05, 0) is 36.1 Å². The Bertz CT molecular complexity index is 860. The summed E-state index contributed by atoms with van der Waals surface area (Å²) in [7, 11) is 1.86. The van der Waals surface area contributed by atoms with Crippen LogP contribution in [0.4, 0.5) is 5.69 Å². The lowest BCUT2D eigenvalue weighted by molar-refractivity contribution is 0.251. The lowest BCUT2D eigenvalue weighted by atomic mass is 10.00. The number of aromatic hydroxyl groups is 1. The maximum Gasteiger partial charge on any atom is 0.193 e. The zero-order valence-electron chi connectivity index (χ0n) is 17.9. The molecule has 0 aromatic heterocycles. The summed E-state index contributed by atoms with van der Waals surface area (Å²) >= 11 is 0. The first-order valence-electron chi connectivity index (χ1n) is 11.0. The van der Waals surface area contributed by atoms with E-state index in [1.807, 2.05) is 25.2 Å². The van der Waals surface area contributed by atoms with Gasteiger partial charge < -0.3 is 20.2 Å². The highest BCUT2D eigenvalue weighted by Gasteiger charge is 2.21. The number of fused-ring (bicyclic) bond motifs is 1. The van der Waals surface area contributed by atoms with Gasteiger partial charge >= 0.3 is 0 Å². The molecular formula is C24H33N5O. The Labute approximate surface area is 179 Å². The fourth-order valence-corrected chi connectivity index (χ4v) is 4.47. The predicted molar refractivity (Wildman–Crippen MR) is 123 cm³/mol. The van der Waals surface area contributed by atoms with Gasteiger partial charge in [-0.2, -0.15) is 0 Å². The summed E-state index contributed by atoms with van der Waals surface area (Å²) in [5.41, 5.74) is 3.91. The number of guanidine groups is 1. The smallest absolute Gasteiger partial charge is 0.193 e. The van der Waals surface area contributed by atoms with E-state index in [2.05, 4.69) is 49.3 Å². The van der Waals surface area contributed by atoms with Crippen molar-refractivity contribution >= 4 is 11.6 Å². The molecular weight excluding hydrogens is 374 g/mol. The van der Waals surface area contributed by atoms with Gasteiger partial charge in [-0.1, -0.05) is 36.4 Å². The van der Waals surface area contributed by atoms with Crippen LogP contribution < -0.4 is 10.2 Å².